The van der Waals surface area contributed by atoms with Crippen molar-refractivity contribution in [1.29, 1.82) is 0 Å². The van der Waals surface area contributed by atoms with Gasteiger partial charge in [-0.15, -0.1) is 0 Å². The summed E-state index contributed by atoms with van der Waals surface area (Å²) in [5.41, 5.74) is 2.72. The molecule has 0 saturated heterocycles. The Hall–Kier alpha value is -1.58. The largest absolute Gasteiger partial charge is 0.496 e. The van der Waals surface area contributed by atoms with Crippen molar-refractivity contribution in [3.63, 3.8) is 0 Å². The molecule has 0 aliphatic rings. The molecule has 10 heteroatoms. The second-order valence-electron chi connectivity index (χ2n) is 4.05. The van der Waals surface area contributed by atoms with E-state index < -0.39 is 41.2 Å². The van der Waals surface area contributed by atoms with Gasteiger partial charge in [-0.3, -0.25) is 0 Å². The Morgan fingerprint density at radius 2 is 1.52 bits per heavy atom. The van der Waals surface area contributed by atoms with Crippen molar-refractivity contribution < 1.29 is 39.9 Å². The molecule has 21 heavy (non-hydrogen) atoms. The predicted molar refractivity (Wildman–Crippen MR) is 55.9 cm³/mol. The average Bonchev–Trinajstić information content (AvgIpc) is 2.34. The Kier molecular flexibility index (Phi) is 4.42. The maximum atomic E-state index is 13.1. The number of nitrogens with two attached hydrogens (primary N) is 1. The molecule has 2 nitrogen and oxygen atoms in total. The van der Waals surface area contributed by atoms with Crippen molar-refractivity contribution in [3.8, 4) is 5.75 Å². The second-order valence-corrected chi connectivity index (χ2v) is 4.05. The van der Waals surface area contributed by atoms with Gasteiger partial charge >= 0.3 is 18.3 Å². The first kappa shape index (κ1) is 17.5. The Morgan fingerprint density at radius 1 is 1.00 bits per heavy atom. The summed E-state index contributed by atoms with van der Waals surface area (Å²) in [4.78, 5) is 0. The van der Waals surface area contributed by atoms with Crippen LogP contribution in [0, 0.1) is 0 Å². The highest BCUT2D eigenvalue weighted by atomic mass is 19.4. The van der Waals surface area contributed by atoms with E-state index in [2.05, 4.69) is 4.74 Å². The van der Waals surface area contributed by atoms with Crippen molar-refractivity contribution in [2.24, 2.45) is 5.73 Å². The van der Waals surface area contributed by atoms with E-state index in [1.165, 1.54) is 0 Å². The maximum absolute atomic E-state index is 13.1. The molecule has 1 atom stereocenters. The average molecular weight is 323 g/mol. The van der Waals surface area contributed by atoms with Crippen LogP contribution < -0.4 is 10.5 Å². The molecule has 1 aromatic rings. The summed E-state index contributed by atoms with van der Waals surface area (Å²) in [6, 6.07) is -1.80. The number of benzene rings is 1. The van der Waals surface area contributed by atoms with Crippen molar-refractivity contribution in [3.05, 3.63) is 29.3 Å². The molecule has 0 aliphatic heterocycles. The second kappa shape index (κ2) is 5.32. The topological polar surface area (TPSA) is 35.2 Å². The van der Waals surface area contributed by atoms with Gasteiger partial charge in [0.05, 0.1) is 12.7 Å². The molecule has 0 aromatic heterocycles. The third-order valence-electron chi connectivity index (χ3n) is 2.66. The molecule has 0 radical (unpaired) electrons. The van der Waals surface area contributed by atoms with E-state index in [1.807, 2.05) is 0 Å². The van der Waals surface area contributed by atoms with Crippen LogP contribution in [0.2, 0.25) is 0 Å². The maximum Gasteiger partial charge on any atom is 0.455 e. The minimum Gasteiger partial charge on any atom is -0.496 e. The van der Waals surface area contributed by atoms with Gasteiger partial charge in [-0.25, -0.2) is 0 Å². The molecule has 0 bridgehead atoms. The number of hydrogen-bond donors (Lipinski definition) is 1. The van der Waals surface area contributed by atoms with Crippen LogP contribution in [0.15, 0.2) is 18.2 Å². The highest BCUT2D eigenvalue weighted by Crippen LogP contribution is 2.46. The van der Waals surface area contributed by atoms with Gasteiger partial charge < -0.3 is 10.5 Å². The van der Waals surface area contributed by atoms with Gasteiger partial charge in [0.1, 0.15) is 11.8 Å². The van der Waals surface area contributed by atoms with Crippen molar-refractivity contribution >= 4 is 0 Å². The first-order chi connectivity index (χ1) is 9.32. The number of alkyl halides is 8. The minimum atomic E-state index is -5.94. The lowest BCUT2D eigenvalue weighted by molar-refractivity contribution is -0.291. The zero-order valence-electron chi connectivity index (χ0n) is 10.3. The van der Waals surface area contributed by atoms with Gasteiger partial charge in [0.25, 0.3) is 0 Å². The molecule has 1 aromatic carbocycles. The summed E-state index contributed by atoms with van der Waals surface area (Å²) in [6.07, 6.45) is -10.7. The molecule has 0 saturated carbocycles. The zero-order valence-corrected chi connectivity index (χ0v) is 10.3. The molecule has 2 N–H and O–H groups in total. The fourth-order valence-electron chi connectivity index (χ4n) is 1.52. The number of rotatable bonds is 3. The molecule has 1 rings (SSSR count). The zero-order chi connectivity index (χ0) is 16.6. The van der Waals surface area contributed by atoms with Crippen LogP contribution in [-0.2, 0) is 6.18 Å². The third-order valence-corrected chi connectivity index (χ3v) is 2.66. The fraction of sp³-hybridized carbons (Fsp3) is 0.455. The van der Waals surface area contributed by atoms with Crippen molar-refractivity contribution in [1.82, 2.24) is 0 Å². The quantitative estimate of drug-likeness (QED) is 0.856. The summed E-state index contributed by atoms with van der Waals surface area (Å²) in [5.74, 6) is -6.12. The van der Waals surface area contributed by atoms with Crippen molar-refractivity contribution in [2.75, 3.05) is 7.11 Å². The van der Waals surface area contributed by atoms with Gasteiger partial charge in [-0.2, -0.15) is 35.1 Å². The molecular formula is C11H9F8NO. The lowest BCUT2D eigenvalue weighted by Gasteiger charge is -2.27. The van der Waals surface area contributed by atoms with Gasteiger partial charge in [-0.05, 0) is 12.1 Å². The van der Waals surface area contributed by atoms with Gasteiger partial charge in [-0.1, -0.05) is 6.07 Å². The molecule has 0 heterocycles. The normalized spacial score (nSPS) is 15.0. The summed E-state index contributed by atoms with van der Waals surface area (Å²) in [6.45, 7) is 0. The molecule has 120 valence electrons. The van der Waals surface area contributed by atoms with Gasteiger partial charge in [0.2, 0.25) is 0 Å². The number of hydrogen-bond acceptors (Lipinski definition) is 2. The summed E-state index contributed by atoms with van der Waals surface area (Å²) in [7, 11) is 0.831. The molecule has 0 unspecified atom stereocenters. The van der Waals surface area contributed by atoms with E-state index in [4.69, 9.17) is 5.73 Å². The highest BCUT2D eigenvalue weighted by Gasteiger charge is 2.62. The van der Waals surface area contributed by atoms with Crippen LogP contribution in [0.5, 0.6) is 5.75 Å². The monoisotopic (exact) mass is 323 g/mol. The molecule has 0 aliphatic carbocycles. The first-order valence-corrected chi connectivity index (χ1v) is 5.27. The van der Waals surface area contributed by atoms with Crippen LogP contribution >= 0.6 is 0 Å². The van der Waals surface area contributed by atoms with Crippen LogP contribution in [0.3, 0.4) is 0 Å². The fourth-order valence-corrected chi connectivity index (χ4v) is 1.52. The van der Waals surface area contributed by atoms with Gasteiger partial charge in [0, 0.05) is 5.56 Å². The van der Waals surface area contributed by atoms with E-state index in [1.54, 1.807) is 0 Å². The van der Waals surface area contributed by atoms with E-state index in [0.29, 0.717) is 18.2 Å². The van der Waals surface area contributed by atoms with Crippen LogP contribution in [0.25, 0.3) is 0 Å². The summed E-state index contributed by atoms with van der Waals surface area (Å²) >= 11 is 0. The van der Waals surface area contributed by atoms with E-state index in [0.717, 1.165) is 7.11 Å². The molecule has 0 amide bonds. The van der Waals surface area contributed by atoms with E-state index >= 15 is 0 Å². The lowest BCUT2D eigenvalue weighted by atomic mass is 9.98. The third kappa shape index (κ3) is 3.36. The first-order valence-electron chi connectivity index (χ1n) is 5.27. The molecule has 0 fully saturated rings. The van der Waals surface area contributed by atoms with E-state index in [-0.39, 0.29) is 0 Å². The van der Waals surface area contributed by atoms with Crippen LogP contribution in [0.1, 0.15) is 17.2 Å². The Bertz CT molecular complexity index is 508. The standard InChI is InChI=1S/C11H9F8NO/c1-21-7-4-5(10(14,15)16)2-3-6(7)8(20)9(12,13)11(17,18)19/h2-4,8H,20H2,1H3/t8-/m1/s1. The van der Waals surface area contributed by atoms with Crippen LogP contribution in [-0.4, -0.2) is 19.2 Å². The number of methoxy groups -OCH3 is 1. The lowest BCUT2D eigenvalue weighted by Crippen LogP contribution is -2.46. The Labute approximate surface area is 113 Å². The predicted octanol–water partition coefficient (Wildman–Crippen LogP) is 3.91. The van der Waals surface area contributed by atoms with Gasteiger partial charge in [0.15, 0.2) is 0 Å². The van der Waals surface area contributed by atoms with Crippen molar-refractivity contribution in [2.45, 2.75) is 24.3 Å². The number of halogens is 8. The Morgan fingerprint density at radius 3 is 1.90 bits per heavy atom. The van der Waals surface area contributed by atoms with E-state index in [9.17, 15) is 35.1 Å². The molecular weight excluding hydrogens is 314 g/mol. The Balaban J connectivity index is 3.32. The smallest absolute Gasteiger partial charge is 0.455 e. The molecule has 0 spiro atoms. The number of ether oxygens (including phenoxy) is 1. The SMILES string of the molecule is COc1cc(C(F)(F)F)ccc1[C@@H](N)C(F)(F)C(F)(F)F. The highest BCUT2D eigenvalue weighted by molar-refractivity contribution is 5.41. The summed E-state index contributed by atoms with van der Waals surface area (Å²) < 4.78 is 105. The van der Waals surface area contributed by atoms with Crippen LogP contribution in [0.4, 0.5) is 35.1 Å². The minimum absolute atomic E-state index is 0.307. The summed E-state index contributed by atoms with van der Waals surface area (Å²) in [5, 5.41) is 0.